The minimum absolute atomic E-state index is 0.391. The van der Waals surface area contributed by atoms with Crippen LogP contribution >= 0.6 is 0 Å². The van der Waals surface area contributed by atoms with Crippen molar-refractivity contribution >= 4 is 46.1 Å². The van der Waals surface area contributed by atoms with Gasteiger partial charge in [-0.25, -0.2) is 9.59 Å². The van der Waals surface area contributed by atoms with Crippen molar-refractivity contribution in [2.24, 2.45) is 0 Å². The molecule has 0 aliphatic heterocycles. The molecule has 9 heteroatoms. The first kappa shape index (κ1) is 37.8. The molecule has 6 aromatic carbocycles. The summed E-state index contributed by atoms with van der Waals surface area (Å²) in [6, 6.07) is 47.3. The number of rotatable bonds is 14. The number of anilines is 6. The summed E-state index contributed by atoms with van der Waals surface area (Å²) in [5.41, 5.74) is 9.56. The van der Waals surface area contributed by atoms with Crippen molar-refractivity contribution in [1.29, 1.82) is 0 Å². The predicted molar refractivity (Wildman–Crippen MR) is 225 cm³/mol. The minimum Gasteiger partial charge on any atom is -0.423 e. The van der Waals surface area contributed by atoms with Crippen LogP contribution in [0.4, 0.5) is 34.1 Å². The molecule has 0 saturated heterocycles. The second-order valence-electron chi connectivity index (χ2n) is 13.0. The van der Waals surface area contributed by atoms with Gasteiger partial charge in [-0.2, -0.15) is 0 Å². The average molecular weight is 753 g/mol. The summed E-state index contributed by atoms with van der Waals surface area (Å²) in [7, 11) is 0. The third-order valence-electron chi connectivity index (χ3n) is 9.34. The number of benzene rings is 6. The van der Waals surface area contributed by atoms with Crippen LogP contribution in [0.2, 0.25) is 0 Å². The van der Waals surface area contributed by atoms with Crippen LogP contribution in [-0.2, 0) is 22.4 Å². The number of ether oxygens (including phenoxy) is 2. The van der Waals surface area contributed by atoms with Crippen molar-refractivity contribution < 1.29 is 23.5 Å². The first-order valence-electron chi connectivity index (χ1n) is 18.6. The van der Waals surface area contributed by atoms with E-state index in [4.69, 9.17) is 13.9 Å². The SMILES string of the molecule is C=CC(=O)Oc1ccc(N(c2ccc(CC)cc2)c2ccc(-c3nnc(-c4ccc(N(c5ccc(CC)cc5)c5ccc(OC(=O)C=C)cc5)cc4)o3)cc2)cc1. The van der Waals surface area contributed by atoms with Crippen molar-refractivity contribution in [3.8, 4) is 34.4 Å². The van der Waals surface area contributed by atoms with Gasteiger partial charge in [-0.1, -0.05) is 51.3 Å². The van der Waals surface area contributed by atoms with Gasteiger partial charge in [0.15, 0.2) is 0 Å². The smallest absolute Gasteiger partial charge is 0.335 e. The van der Waals surface area contributed by atoms with Crippen molar-refractivity contribution in [2.45, 2.75) is 26.7 Å². The number of carbonyl (C=O) groups is 2. The van der Waals surface area contributed by atoms with E-state index in [0.717, 1.165) is 70.2 Å². The van der Waals surface area contributed by atoms with E-state index in [9.17, 15) is 9.59 Å². The Morgan fingerprint density at radius 1 is 0.491 bits per heavy atom. The van der Waals surface area contributed by atoms with Crippen LogP contribution in [0.1, 0.15) is 25.0 Å². The van der Waals surface area contributed by atoms with Gasteiger partial charge in [0.25, 0.3) is 0 Å². The Hall–Kier alpha value is -7.52. The van der Waals surface area contributed by atoms with Gasteiger partial charge >= 0.3 is 11.9 Å². The van der Waals surface area contributed by atoms with Gasteiger partial charge in [0.05, 0.1) is 0 Å². The molecule has 0 amide bonds. The fraction of sp³-hybridized carbons (Fsp3) is 0.0833. The Morgan fingerprint density at radius 2 is 0.772 bits per heavy atom. The van der Waals surface area contributed by atoms with E-state index in [2.05, 4.69) is 95.5 Å². The lowest BCUT2D eigenvalue weighted by molar-refractivity contribution is -0.129. The molecule has 0 N–H and O–H groups in total. The van der Waals surface area contributed by atoms with Crippen molar-refractivity contribution in [3.05, 3.63) is 182 Å². The van der Waals surface area contributed by atoms with Gasteiger partial charge in [-0.05, 0) is 145 Å². The summed E-state index contributed by atoms with van der Waals surface area (Å²) in [6.07, 6.45) is 4.15. The lowest BCUT2D eigenvalue weighted by atomic mass is 10.1. The van der Waals surface area contributed by atoms with Gasteiger partial charge in [0.2, 0.25) is 11.8 Å². The molecule has 0 aliphatic rings. The molecule has 0 aliphatic carbocycles. The highest BCUT2D eigenvalue weighted by Gasteiger charge is 2.18. The van der Waals surface area contributed by atoms with E-state index in [0.29, 0.717) is 23.3 Å². The molecule has 7 aromatic rings. The quantitative estimate of drug-likeness (QED) is 0.0611. The highest BCUT2D eigenvalue weighted by molar-refractivity contribution is 5.85. The summed E-state index contributed by atoms with van der Waals surface area (Å²) in [4.78, 5) is 27.7. The predicted octanol–water partition coefficient (Wildman–Crippen LogP) is 11.7. The first-order valence-corrected chi connectivity index (χ1v) is 18.6. The van der Waals surface area contributed by atoms with E-state index in [1.807, 2.05) is 72.8 Å². The lowest BCUT2D eigenvalue weighted by Gasteiger charge is -2.26. The Bertz CT molecular complexity index is 2300. The molecule has 0 atom stereocenters. The first-order chi connectivity index (χ1) is 27.8. The van der Waals surface area contributed by atoms with Gasteiger partial charge in [-0.3, -0.25) is 0 Å². The largest absolute Gasteiger partial charge is 0.423 e. The molecule has 57 heavy (non-hydrogen) atoms. The van der Waals surface area contributed by atoms with Gasteiger partial charge in [0, 0.05) is 57.4 Å². The Labute approximate surface area is 331 Å². The van der Waals surface area contributed by atoms with Crippen LogP contribution in [0.15, 0.2) is 175 Å². The van der Waals surface area contributed by atoms with Crippen LogP contribution < -0.4 is 19.3 Å². The summed E-state index contributed by atoms with van der Waals surface area (Å²) >= 11 is 0. The summed E-state index contributed by atoms with van der Waals surface area (Å²) in [5.74, 6) is 0.620. The van der Waals surface area contributed by atoms with Gasteiger partial charge in [-0.15, -0.1) is 10.2 Å². The molecule has 1 aromatic heterocycles. The molecule has 282 valence electrons. The zero-order valence-corrected chi connectivity index (χ0v) is 31.7. The molecule has 0 spiro atoms. The van der Waals surface area contributed by atoms with Crippen LogP contribution in [-0.4, -0.2) is 22.1 Å². The van der Waals surface area contributed by atoms with E-state index in [1.165, 1.54) is 11.1 Å². The molecule has 0 radical (unpaired) electrons. The zero-order valence-electron chi connectivity index (χ0n) is 31.7. The fourth-order valence-electron chi connectivity index (χ4n) is 6.26. The van der Waals surface area contributed by atoms with E-state index < -0.39 is 11.9 Å². The molecule has 0 unspecified atom stereocenters. The normalized spacial score (nSPS) is 10.7. The van der Waals surface area contributed by atoms with Crippen LogP contribution in [0.3, 0.4) is 0 Å². The minimum atomic E-state index is -0.513. The van der Waals surface area contributed by atoms with E-state index >= 15 is 0 Å². The Balaban J connectivity index is 1.13. The number of nitrogens with zero attached hydrogens (tertiary/aromatic N) is 4. The maximum atomic E-state index is 11.7. The van der Waals surface area contributed by atoms with Crippen molar-refractivity contribution in [2.75, 3.05) is 9.80 Å². The topological polar surface area (TPSA) is 98.0 Å². The number of carbonyl (C=O) groups excluding carboxylic acids is 2. The molecule has 7 rings (SSSR count). The Morgan fingerprint density at radius 3 is 1.05 bits per heavy atom. The van der Waals surface area contributed by atoms with Crippen LogP contribution in [0.5, 0.6) is 11.5 Å². The zero-order chi connectivity index (χ0) is 39.7. The molecule has 0 bridgehead atoms. The molecule has 1 heterocycles. The monoisotopic (exact) mass is 752 g/mol. The standard InChI is InChI=1S/C48H40N4O5/c1-5-33-9-17-37(18-10-33)51(41-25-29-43(30-26-41)55-45(53)7-3)39-21-13-35(14-22-39)47-49-50-48(57-47)36-15-23-40(24-16-36)52(38-19-11-34(6-2)12-20-38)42-27-31-44(32-28-42)56-46(54)8-4/h7-32H,3-6H2,1-2H3. The molecule has 0 saturated carbocycles. The van der Waals surface area contributed by atoms with Crippen LogP contribution in [0.25, 0.3) is 22.9 Å². The summed E-state index contributed by atoms with van der Waals surface area (Å²) in [5, 5.41) is 8.77. The van der Waals surface area contributed by atoms with Crippen LogP contribution in [0, 0.1) is 0 Å². The van der Waals surface area contributed by atoms with Gasteiger partial charge < -0.3 is 23.7 Å². The molecular weight excluding hydrogens is 713 g/mol. The molecule has 0 fully saturated rings. The number of esters is 2. The fourth-order valence-corrected chi connectivity index (χ4v) is 6.26. The maximum Gasteiger partial charge on any atom is 0.335 e. The second-order valence-corrected chi connectivity index (χ2v) is 13.0. The van der Waals surface area contributed by atoms with Crippen molar-refractivity contribution in [3.63, 3.8) is 0 Å². The number of aryl methyl sites for hydroxylation is 2. The van der Waals surface area contributed by atoms with Gasteiger partial charge in [0.1, 0.15) is 11.5 Å². The second kappa shape index (κ2) is 17.3. The number of aromatic nitrogens is 2. The third kappa shape index (κ3) is 8.74. The summed E-state index contributed by atoms with van der Waals surface area (Å²) < 4.78 is 16.8. The third-order valence-corrected chi connectivity index (χ3v) is 9.34. The number of hydrogen-bond acceptors (Lipinski definition) is 9. The average Bonchev–Trinajstić information content (AvgIpc) is 3.76. The van der Waals surface area contributed by atoms with Crippen molar-refractivity contribution in [1.82, 2.24) is 10.2 Å². The highest BCUT2D eigenvalue weighted by Crippen LogP contribution is 2.39. The number of hydrogen-bond donors (Lipinski definition) is 0. The van der Waals surface area contributed by atoms with E-state index in [1.54, 1.807) is 24.3 Å². The Kier molecular flexibility index (Phi) is 11.5. The maximum absolute atomic E-state index is 11.7. The lowest BCUT2D eigenvalue weighted by Crippen LogP contribution is -2.10. The molecular formula is C48H40N4O5. The summed E-state index contributed by atoms with van der Waals surface area (Å²) in [6.45, 7) is 11.2. The van der Waals surface area contributed by atoms with E-state index in [-0.39, 0.29) is 0 Å². The molecule has 9 nitrogen and oxygen atoms in total. The highest BCUT2D eigenvalue weighted by atomic mass is 16.5.